The molecule has 0 aromatic carbocycles. The standard InChI is InChI=1S/C10H19N5/c1-7(2)6-15(4)10-5-9(14-11)12-8(3)13-10/h5,7H,6,11H2,1-4H3,(H,12,13,14). The number of aryl methyl sites for hydroxylation is 1. The van der Waals surface area contributed by atoms with Crippen molar-refractivity contribution in [3.63, 3.8) is 0 Å². The summed E-state index contributed by atoms with van der Waals surface area (Å²) in [5.41, 5.74) is 2.54. The molecule has 0 aliphatic heterocycles. The average Bonchev–Trinajstić information content (AvgIpc) is 2.15. The summed E-state index contributed by atoms with van der Waals surface area (Å²) in [4.78, 5) is 10.6. The normalized spacial score (nSPS) is 10.5. The molecule has 1 aromatic rings. The van der Waals surface area contributed by atoms with Crippen LogP contribution in [-0.4, -0.2) is 23.6 Å². The highest BCUT2D eigenvalue weighted by atomic mass is 15.3. The Morgan fingerprint density at radius 2 is 2.13 bits per heavy atom. The topological polar surface area (TPSA) is 67.1 Å². The molecule has 0 bridgehead atoms. The molecule has 0 radical (unpaired) electrons. The van der Waals surface area contributed by atoms with Crippen molar-refractivity contribution in [1.82, 2.24) is 9.97 Å². The zero-order chi connectivity index (χ0) is 11.4. The maximum Gasteiger partial charge on any atom is 0.145 e. The van der Waals surface area contributed by atoms with Crippen LogP contribution in [0.1, 0.15) is 19.7 Å². The van der Waals surface area contributed by atoms with Crippen LogP contribution in [0.3, 0.4) is 0 Å². The van der Waals surface area contributed by atoms with E-state index in [4.69, 9.17) is 5.84 Å². The van der Waals surface area contributed by atoms with E-state index < -0.39 is 0 Å². The van der Waals surface area contributed by atoms with Gasteiger partial charge in [0.05, 0.1) is 0 Å². The number of hydrazine groups is 1. The summed E-state index contributed by atoms with van der Waals surface area (Å²) in [5.74, 6) is 8.18. The number of nitrogens with one attached hydrogen (secondary N) is 1. The van der Waals surface area contributed by atoms with E-state index in [1.54, 1.807) is 0 Å². The van der Waals surface area contributed by atoms with Gasteiger partial charge < -0.3 is 10.3 Å². The monoisotopic (exact) mass is 209 g/mol. The molecular formula is C10H19N5. The lowest BCUT2D eigenvalue weighted by Crippen LogP contribution is -2.24. The maximum absolute atomic E-state index is 5.33. The van der Waals surface area contributed by atoms with Crippen molar-refractivity contribution >= 4 is 11.6 Å². The molecule has 84 valence electrons. The molecule has 0 atom stereocenters. The molecule has 15 heavy (non-hydrogen) atoms. The molecule has 0 fully saturated rings. The lowest BCUT2D eigenvalue weighted by molar-refractivity contribution is 0.633. The number of rotatable bonds is 4. The van der Waals surface area contributed by atoms with Crippen molar-refractivity contribution < 1.29 is 0 Å². The van der Waals surface area contributed by atoms with Crippen molar-refractivity contribution in [3.8, 4) is 0 Å². The minimum Gasteiger partial charge on any atom is -0.359 e. The average molecular weight is 209 g/mol. The summed E-state index contributed by atoms with van der Waals surface area (Å²) in [6.45, 7) is 7.16. The van der Waals surface area contributed by atoms with Gasteiger partial charge in [-0.1, -0.05) is 13.8 Å². The zero-order valence-corrected chi connectivity index (χ0v) is 9.78. The predicted octanol–water partition coefficient (Wildman–Crippen LogP) is 1.16. The molecule has 0 saturated heterocycles. The Morgan fingerprint density at radius 3 is 2.67 bits per heavy atom. The van der Waals surface area contributed by atoms with Gasteiger partial charge in [-0.15, -0.1) is 0 Å². The summed E-state index contributed by atoms with van der Waals surface area (Å²) < 4.78 is 0. The second-order valence-electron chi connectivity index (χ2n) is 4.08. The number of nitrogens with two attached hydrogens (primary N) is 1. The number of hydrogen-bond donors (Lipinski definition) is 2. The maximum atomic E-state index is 5.33. The molecule has 0 saturated carbocycles. The molecule has 0 aliphatic carbocycles. The fourth-order valence-corrected chi connectivity index (χ4v) is 1.46. The van der Waals surface area contributed by atoms with E-state index in [9.17, 15) is 0 Å². The summed E-state index contributed by atoms with van der Waals surface area (Å²) in [6, 6.07) is 1.84. The molecule has 0 unspecified atom stereocenters. The Balaban J connectivity index is 2.88. The van der Waals surface area contributed by atoms with Gasteiger partial charge in [0.25, 0.3) is 0 Å². The zero-order valence-electron chi connectivity index (χ0n) is 9.78. The highest BCUT2D eigenvalue weighted by Gasteiger charge is 2.07. The largest absolute Gasteiger partial charge is 0.359 e. The van der Waals surface area contributed by atoms with Gasteiger partial charge in [-0.05, 0) is 12.8 Å². The summed E-state index contributed by atoms with van der Waals surface area (Å²) in [5, 5.41) is 0. The van der Waals surface area contributed by atoms with Crippen molar-refractivity contribution in [2.24, 2.45) is 11.8 Å². The molecule has 1 aromatic heterocycles. The number of hydrogen-bond acceptors (Lipinski definition) is 5. The Kier molecular flexibility index (Phi) is 3.85. The van der Waals surface area contributed by atoms with Crippen LogP contribution in [0.5, 0.6) is 0 Å². The van der Waals surface area contributed by atoms with Gasteiger partial charge >= 0.3 is 0 Å². The minimum atomic E-state index is 0.597. The fourth-order valence-electron chi connectivity index (χ4n) is 1.46. The Labute approximate surface area is 90.7 Å². The smallest absolute Gasteiger partial charge is 0.145 e. The van der Waals surface area contributed by atoms with E-state index >= 15 is 0 Å². The SMILES string of the molecule is Cc1nc(NN)cc(N(C)CC(C)C)n1. The van der Waals surface area contributed by atoms with E-state index in [0.717, 1.165) is 18.2 Å². The van der Waals surface area contributed by atoms with Crippen LogP contribution >= 0.6 is 0 Å². The minimum absolute atomic E-state index is 0.597. The summed E-state index contributed by atoms with van der Waals surface area (Å²) >= 11 is 0. The fraction of sp³-hybridized carbons (Fsp3) is 0.600. The molecule has 1 rings (SSSR count). The molecule has 3 N–H and O–H groups in total. The lowest BCUT2D eigenvalue weighted by Gasteiger charge is -2.20. The van der Waals surface area contributed by atoms with Crippen LogP contribution in [0, 0.1) is 12.8 Å². The van der Waals surface area contributed by atoms with E-state index in [2.05, 4.69) is 34.1 Å². The van der Waals surface area contributed by atoms with Crippen molar-refractivity contribution in [1.29, 1.82) is 0 Å². The number of anilines is 2. The highest BCUT2D eigenvalue weighted by molar-refractivity contribution is 5.48. The van der Waals surface area contributed by atoms with Crippen LogP contribution < -0.4 is 16.2 Å². The number of nitrogens with zero attached hydrogens (tertiary/aromatic N) is 3. The lowest BCUT2D eigenvalue weighted by atomic mass is 10.2. The third-order valence-corrected chi connectivity index (χ3v) is 2.00. The van der Waals surface area contributed by atoms with Gasteiger partial charge in [-0.3, -0.25) is 0 Å². The van der Waals surface area contributed by atoms with Crippen molar-refractivity contribution in [3.05, 3.63) is 11.9 Å². The van der Waals surface area contributed by atoms with Gasteiger partial charge in [0, 0.05) is 19.7 Å². The third-order valence-electron chi connectivity index (χ3n) is 2.00. The van der Waals surface area contributed by atoms with Crippen LogP contribution in [0.4, 0.5) is 11.6 Å². The van der Waals surface area contributed by atoms with Crippen molar-refractivity contribution in [2.75, 3.05) is 23.9 Å². The van der Waals surface area contributed by atoms with Gasteiger partial charge in [0.1, 0.15) is 17.5 Å². The van der Waals surface area contributed by atoms with Gasteiger partial charge in [0.15, 0.2) is 0 Å². The van der Waals surface area contributed by atoms with Crippen LogP contribution in [-0.2, 0) is 0 Å². The predicted molar refractivity (Wildman–Crippen MR) is 62.7 cm³/mol. The first-order valence-electron chi connectivity index (χ1n) is 5.06. The van der Waals surface area contributed by atoms with Crippen LogP contribution in [0.15, 0.2) is 6.07 Å². The van der Waals surface area contributed by atoms with E-state index in [0.29, 0.717) is 11.7 Å². The van der Waals surface area contributed by atoms with Gasteiger partial charge in [0.2, 0.25) is 0 Å². The summed E-state index contributed by atoms with van der Waals surface area (Å²) in [7, 11) is 2.02. The Bertz CT molecular complexity index is 324. The molecule has 0 spiro atoms. The molecular weight excluding hydrogens is 190 g/mol. The first kappa shape index (κ1) is 11.7. The quantitative estimate of drug-likeness (QED) is 0.575. The molecule has 5 heteroatoms. The number of nitrogen functional groups attached to an aromatic ring is 1. The molecule has 1 heterocycles. The molecule has 0 amide bonds. The Morgan fingerprint density at radius 1 is 1.47 bits per heavy atom. The summed E-state index contributed by atoms with van der Waals surface area (Å²) in [6.07, 6.45) is 0. The molecule has 0 aliphatic rings. The van der Waals surface area contributed by atoms with E-state index in [-0.39, 0.29) is 0 Å². The highest BCUT2D eigenvalue weighted by Crippen LogP contribution is 2.14. The Hall–Kier alpha value is -1.36. The van der Waals surface area contributed by atoms with Crippen LogP contribution in [0.25, 0.3) is 0 Å². The van der Waals surface area contributed by atoms with E-state index in [1.807, 2.05) is 20.0 Å². The van der Waals surface area contributed by atoms with Gasteiger partial charge in [-0.2, -0.15) is 0 Å². The second-order valence-corrected chi connectivity index (χ2v) is 4.08. The van der Waals surface area contributed by atoms with Crippen molar-refractivity contribution in [2.45, 2.75) is 20.8 Å². The first-order chi connectivity index (χ1) is 7.02. The van der Waals surface area contributed by atoms with Gasteiger partial charge in [-0.25, -0.2) is 15.8 Å². The number of aromatic nitrogens is 2. The van der Waals surface area contributed by atoms with E-state index in [1.165, 1.54) is 0 Å². The first-order valence-corrected chi connectivity index (χ1v) is 5.06. The third kappa shape index (κ3) is 3.36. The second kappa shape index (κ2) is 4.93. The van der Waals surface area contributed by atoms with Crippen LogP contribution in [0.2, 0.25) is 0 Å². The molecule has 5 nitrogen and oxygen atoms in total.